The lowest BCUT2D eigenvalue weighted by molar-refractivity contribution is -0.00929. The van der Waals surface area contributed by atoms with E-state index in [-0.39, 0.29) is 6.10 Å². The number of pyridine rings is 1. The van der Waals surface area contributed by atoms with Crippen LogP contribution in [0.3, 0.4) is 0 Å². The van der Waals surface area contributed by atoms with Crippen LogP contribution in [0.15, 0.2) is 48.2 Å². The Bertz CT molecular complexity index is 791. The number of likely N-dealkylation sites (tertiary alicyclic amines) is 1. The number of nitrogens with zero attached hydrogens (tertiary/aromatic N) is 2. The molecule has 0 amide bonds. The van der Waals surface area contributed by atoms with Crippen LogP contribution in [0, 0.1) is 0 Å². The average molecular weight is 366 g/mol. The average Bonchev–Trinajstić information content (AvgIpc) is 2.72. The molecule has 2 aromatic rings. The van der Waals surface area contributed by atoms with Crippen LogP contribution in [0.4, 0.5) is 0 Å². The van der Waals surface area contributed by atoms with Gasteiger partial charge < -0.3 is 14.2 Å². The summed E-state index contributed by atoms with van der Waals surface area (Å²) in [7, 11) is 1.68. The summed E-state index contributed by atoms with van der Waals surface area (Å²) in [5.74, 6) is 1.64. The van der Waals surface area contributed by atoms with Gasteiger partial charge in [0.1, 0.15) is 6.61 Å². The topological polar surface area (TPSA) is 43.8 Å². The highest BCUT2D eigenvalue weighted by molar-refractivity contribution is 5.66. The molecule has 27 heavy (non-hydrogen) atoms. The van der Waals surface area contributed by atoms with Crippen molar-refractivity contribution in [3.8, 4) is 11.5 Å². The molecular weight excluding hydrogens is 340 g/mol. The van der Waals surface area contributed by atoms with Gasteiger partial charge in [0.2, 0.25) is 0 Å². The summed E-state index contributed by atoms with van der Waals surface area (Å²) in [5, 5.41) is 0. The summed E-state index contributed by atoms with van der Waals surface area (Å²) in [6.45, 7) is 4.17. The maximum atomic E-state index is 6.10. The molecule has 1 unspecified atom stereocenters. The van der Waals surface area contributed by atoms with E-state index < -0.39 is 0 Å². The fourth-order valence-corrected chi connectivity index (χ4v) is 3.75. The number of piperidine rings is 1. The van der Waals surface area contributed by atoms with Gasteiger partial charge in [-0.2, -0.15) is 0 Å². The van der Waals surface area contributed by atoms with Gasteiger partial charge in [0.25, 0.3) is 0 Å². The van der Waals surface area contributed by atoms with Gasteiger partial charge in [0, 0.05) is 24.8 Å². The Hall–Kier alpha value is -2.37. The zero-order chi connectivity index (χ0) is 18.5. The van der Waals surface area contributed by atoms with Crippen molar-refractivity contribution >= 4 is 6.08 Å². The van der Waals surface area contributed by atoms with Crippen LogP contribution >= 0.6 is 0 Å². The number of ether oxygens (including phenoxy) is 3. The molecule has 0 bridgehead atoms. The molecule has 1 fully saturated rings. The Morgan fingerprint density at radius 2 is 2.19 bits per heavy atom. The van der Waals surface area contributed by atoms with E-state index in [1.54, 1.807) is 7.11 Å². The van der Waals surface area contributed by atoms with E-state index in [0.29, 0.717) is 13.2 Å². The second kappa shape index (κ2) is 8.55. The summed E-state index contributed by atoms with van der Waals surface area (Å²) in [4.78, 5) is 6.80. The molecule has 0 radical (unpaired) electrons. The Morgan fingerprint density at radius 1 is 1.22 bits per heavy atom. The van der Waals surface area contributed by atoms with Crippen molar-refractivity contribution in [2.24, 2.45) is 0 Å². The van der Waals surface area contributed by atoms with Crippen molar-refractivity contribution in [3.63, 3.8) is 0 Å². The number of aromatic nitrogens is 1. The molecular formula is C22H26N2O3. The van der Waals surface area contributed by atoms with E-state index in [9.17, 15) is 0 Å². The molecule has 2 aliphatic rings. The maximum Gasteiger partial charge on any atom is 0.168 e. The summed E-state index contributed by atoms with van der Waals surface area (Å²) in [5.41, 5.74) is 3.38. The van der Waals surface area contributed by atoms with Crippen molar-refractivity contribution in [1.82, 2.24) is 9.88 Å². The highest BCUT2D eigenvalue weighted by atomic mass is 16.5. The van der Waals surface area contributed by atoms with Crippen LogP contribution in [0.1, 0.15) is 24.1 Å². The molecule has 142 valence electrons. The van der Waals surface area contributed by atoms with Crippen LogP contribution in [0.5, 0.6) is 11.5 Å². The number of fused-ring (bicyclic) bond motifs is 1. The molecule has 1 saturated heterocycles. The van der Waals surface area contributed by atoms with Gasteiger partial charge >= 0.3 is 0 Å². The molecule has 5 heteroatoms. The number of hydrogen-bond acceptors (Lipinski definition) is 5. The van der Waals surface area contributed by atoms with Crippen molar-refractivity contribution < 1.29 is 14.2 Å². The zero-order valence-corrected chi connectivity index (χ0v) is 15.8. The Kier molecular flexibility index (Phi) is 5.70. The lowest BCUT2D eigenvalue weighted by atomic mass is 10.0. The molecule has 1 aromatic heterocycles. The zero-order valence-electron chi connectivity index (χ0n) is 15.8. The largest absolute Gasteiger partial charge is 0.493 e. The van der Waals surface area contributed by atoms with E-state index in [1.165, 1.54) is 5.57 Å². The lowest BCUT2D eigenvalue weighted by Gasteiger charge is -2.33. The van der Waals surface area contributed by atoms with Crippen molar-refractivity contribution in [3.05, 3.63) is 59.4 Å². The van der Waals surface area contributed by atoms with Gasteiger partial charge in [-0.3, -0.25) is 9.88 Å². The van der Waals surface area contributed by atoms with Crippen molar-refractivity contribution in [1.29, 1.82) is 0 Å². The van der Waals surface area contributed by atoms with E-state index >= 15 is 0 Å². The lowest BCUT2D eigenvalue weighted by Crippen LogP contribution is -2.41. The number of para-hydroxylation sites is 1. The first-order valence-electron chi connectivity index (χ1n) is 9.55. The van der Waals surface area contributed by atoms with Crippen LogP contribution in [0.25, 0.3) is 6.08 Å². The normalized spacial score (nSPS) is 19.7. The van der Waals surface area contributed by atoms with E-state index in [1.807, 2.05) is 36.5 Å². The number of benzene rings is 1. The Labute approximate surface area is 160 Å². The van der Waals surface area contributed by atoms with Crippen molar-refractivity contribution in [2.45, 2.75) is 25.6 Å². The summed E-state index contributed by atoms with van der Waals surface area (Å²) in [6, 6.07) is 12.0. The minimum Gasteiger partial charge on any atom is -0.493 e. The smallest absolute Gasteiger partial charge is 0.168 e. The third kappa shape index (κ3) is 4.49. The van der Waals surface area contributed by atoms with Gasteiger partial charge in [-0.1, -0.05) is 18.2 Å². The van der Waals surface area contributed by atoms with Crippen LogP contribution < -0.4 is 9.47 Å². The van der Waals surface area contributed by atoms with Crippen LogP contribution in [-0.4, -0.2) is 49.3 Å². The molecule has 3 heterocycles. The second-order valence-corrected chi connectivity index (χ2v) is 7.10. The minimum atomic E-state index is 0.262. The molecule has 4 rings (SSSR count). The second-order valence-electron chi connectivity index (χ2n) is 7.10. The molecule has 0 spiro atoms. The van der Waals surface area contributed by atoms with Gasteiger partial charge in [-0.05, 0) is 49.2 Å². The summed E-state index contributed by atoms with van der Waals surface area (Å²) in [6.07, 6.45) is 6.58. The molecule has 1 atom stereocenters. The summed E-state index contributed by atoms with van der Waals surface area (Å²) >= 11 is 0. The van der Waals surface area contributed by atoms with Gasteiger partial charge in [-0.15, -0.1) is 0 Å². The fraction of sp³-hybridized carbons (Fsp3) is 0.409. The minimum absolute atomic E-state index is 0.262. The highest BCUT2D eigenvalue weighted by Gasteiger charge is 2.23. The molecule has 0 aliphatic carbocycles. The van der Waals surface area contributed by atoms with E-state index in [2.05, 4.69) is 22.0 Å². The quantitative estimate of drug-likeness (QED) is 0.782. The predicted octanol–water partition coefficient (Wildman–Crippen LogP) is 3.55. The van der Waals surface area contributed by atoms with Gasteiger partial charge in [0.15, 0.2) is 11.5 Å². The molecule has 0 N–H and O–H groups in total. The Morgan fingerprint density at radius 3 is 3.04 bits per heavy atom. The molecule has 1 aromatic carbocycles. The summed E-state index contributed by atoms with van der Waals surface area (Å²) < 4.78 is 17.5. The van der Waals surface area contributed by atoms with Crippen LogP contribution in [-0.2, 0) is 11.3 Å². The third-order valence-electron chi connectivity index (χ3n) is 5.07. The van der Waals surface area contributed by atoms with Gasteiger partial charge in [0.05, 0.1) is 25.5 Å². The number of hydrogen-bond donors (Lipinski definition) is 0. The van der Waals surface area contributed by atoms with E-state index in [4.69, 9.17) is 14.2 Å². The van der Waals surface area contributed by atoms with E-state index in [0.717, 1.165) is 55.2 Å². The first-order chi connectivity index (χ1) is 13.3. The predicted molar refractivity (Wildman–Crippen MR) is 105 cm³/mol. The maximum absolute atomic E-state index is 6.10. The SMILES string of the molecule is COc1cccc2c1OCC(CN1CCCC(OCc3ccccn3)C1)=C2. The van der Waals surface area contributed by atoms with Crippen molar-refractivity contribution in [2.75, 3.05) is 33.4 Å². The van der Waals surface area contributed by atoms with Crippen LogP contribution in [0.2, 0.25) is 0 Å². The Balaban J connectivity index is 1.34. The monoisotopic (exact) mass is 366 g/mol. The third-order valence-corrected chi connectivity index (χ3v) is 5.07. The number of rotatable bonds is 6. The number of methoxy groups -OCH3 is 1. The molecule has 5 nitrogen and oxygen atoms in total. The molecule has 2 aliphatic heterocycles. The molecule has 0 saturated carbocycles. The first kappa shape index (κ1) is 18.0. The van der Waals surface area contributed by atoms with Gasteiger partial charge in [-0.25, -0.2) is 0 Å². The first-order valence-corrected chi connectivity index (χ1v) is 9.55. The standard InChI is InChI=1S/C22H26N2O3/c1-25-21-9-4-6-18-12-17(15-27-22(18)21)13-24-11-5-8-20(14-24)26-16-19-7-2-3-10-23-19/h2-4,6-7,9-10,12,20H,5,8,11,13-16H2,1H3. The highest BCUT2D eigenvalue weighted by Crippen LogP contribution is 2.35. The fourth-order valence-electron chi connectivity index (χ4n) is 3.75.